The first kappa shape index (κ1) is 20.1. The molecule has 1 aliphatic heterocycles. The Hall–Kier alpha value is -2.79. The molecule has 4 aromatic rings. The molecule has 0 spiro atoms. The highest BCUT2D eigenvalue weighted by Gasteiger charge is 2.25. The van der Waals surface area contributed by atoms with Gasteiger partial charge in [0.15, 0.2) is 0 Å². The number of pyridine rings is 1. The van der Waals surface area contributed by atoms with Crippen LogP contribution in [0, 0.1) is 0 Å². The Bertz CT molecular complexity index is 1360. The number of fused-ring (bicyclic) bond motifs is 2. The summed E-state index contributed by atoms with van der Waals surface area (Å²) >= 11 is 12.3. The van der Waals surface area contributed by atoms with Gasteiger partial charge in [-0.1, -0.05) is 71.7 Å². The van der Waals surface area contributed by atoms with Crippen molar-refractivity contribution in [3.63, 3.8) is 0 Å². The maximum absolute atomic E-state index is 12.8. The lowest BCUT2D eigenvalue weighted by molar-refractivity contribution is 0.295. The molecule has 3 aromatic carbocycles. The van der Waals surface area contributed by atoms with Crippen molar-refractivity contribution in [2.45, 2.75) is 12.5 Å². The lowest BCUT2D eigenvalue weighted by atomic mass is 9.84. The van der Waals surface area contributed by atoms with E-state index in [1.54, 1.807) is 12.1 Å². The van der Waals surface area contributed by atoms with E-state index in [0.29, 0.717) is 21.5 Å². The number of likely N-dealkylation sites (N-methyl/N-ethyl adjacent to an activating group) is 1. The second kappa shape index (κ2) is 7.72. The van der Waals surface area contributed by atoms with Crippen LogP contribution in [0.3, 0.4) is 0 Å². The Morgan fingerprint density at radius 2 is 1.81 bits per heavy atom. The van der Waals surface area contributed by atoms with Crippen LogP contribution in [-0.2, 0) is 6.54 Å². The molecule has 0 radical (unpaired) electrons. The van der Waals surface area contributed by atoms with Gasteiger partial charge in [0.05, 0.1) is 21.5 Å². The van der Waals surface area contributed by atoms with Gasteiger partial charge in [-0.05, 0) is 41.4 Å². The third kappa shape index (κ3) is 3.51. The second-order valence-corrected chi connectivity index (χ2v) is 8.90. The quantitative estimate of drug-likeness (QED) is 0.406. The number of hydrogen-bond donors (Lipinski definition) is 2. The molecule has 0 bridgehead atoms. The van der Waals surface area contributed by atoms with Crippen molar-refractivity contribution in [3.8, 4) is 16.9 Å². The molecule has 1 atom stereocenters. The number of nitrogens with one attached hydrogen (secondary N) is 1. The molecule has 2 N–H and O–H groups in total. The Morgan fingerprint density at radius 1 is 1.06 bits per heavy atom. The number of aromatic nitrogens is 1. The van der Waals surface area contributed by atoms with Crippen LogP contribution in [0.4, 0.5) is 0 Å². The van der Waals surface area contributed by atoms with Gasteiger partial charge in [-0.2, -0.15) is 0 Å². The molecule has 0 unspecified atom stereocenters. The molecule has 4 nitrogen and oxygen atoms in total. The van der Waals surface area contributed by atoms with Crippen molar-refractivity contribution in [2.75, 3.05) is 13.6 Å². The summed E-state index contributed by atoms with van der Waals surface area (Å²) in [5.41, 5.74) is 4.69. The van der Waals surface area contributed by atoms with E-state index in [0.717, 1.165) is 13.1 Å². The number of benzene rings is 3. The van der Waals surface area contributed by atoms with E-state index in [2.05, 4.69) is 41.2 Å². The number of aromatic hydroxyl groups is 1. The Labute approximate surface area is 189 Å². The molecule has 2 heterocycles. The number of aromatic amines is 1. The van der Waals surface area contributed by atoms with E-state index in [9.17, 15) is 9.90 Å². The topological polar surface area (TPSA) is 56.3 Å². The predicted octanol–water partition coefficient (Wildman–Crippen LogP) is 5.78. The van der Waals surface area contributed by atoms with Gasteiger partial charge < -0.3 is 15.0 Å². The van der Waals surface area contributed by atoms with Gasteiger partial charge in [0.25, 0.3) is 5.56 Å². The van der Waals surface area contributed by atoms with E-state index in [1.807, 2.05) is 24.3 Å². The summed E-state index contributed by atoms with van der Waals surface area (Å²) in [6, 6.07) is 19.5. The van der Waals surface area contributed by atoms with Crippen LogP contribution in [0.15, 0.2) is 65.5 Å². The zero-order chi connectivity index (χ0) is 21.7. The first-order valence-electron chi connectivity index (χ1n) is 10.0. The van der Waals surface area contributed by atoms with Crippen LogP contribution in [0.25, 0.3) is 22.0 Å². The zero-order valence-corrected chi connectivity index (χ0v) is 18.3. The van der Waals surface area contributed by atoms with Gasteiger partial charge in [-0.15, -0.1) is 0 Å². The zero-order valence-electron chi connectivity index (χ0n) is 16.8. The maximum atomic E-state index is 12.8. The Kier molecular flexibility index (Phi) is 5.01. The second-order valence-electron chi connectivity index (χ2n) is 8.06. The minimum absolute atomic E-state index is 0.143. The third-order valence-electron chi connectivity index (χ3n) is 5.97. The molecule has 0 saturated heterocycles. The average molecular weight is 451 g/mol. The molecule has 1 aliphatic rings. The van der Waals surface area contributed by atoms with Gasteiger partial charge in [-0.25, -0.2) is 0 Å². The van der Waals surface area contributed by atoms with Gasteiger partial charge in [0.1, 0.15) is 5.75 Å². The Balaban J connectivity index is 1.59. The monoisotopic (exact) mass is 450 g/mol. The van der Waals surface area contributed by atoms with E-state index in [4.69, 9.17) is 23.2 Å². The summed E-state index contributed by atoms with van der Waals surface area (Å²) in [6.07, 6.45) is 0. The van der Waals surface area contributed by atoms with Gasteiger partial charge in [-0.3, -0.25) is 4.79 Å². The minimum Gasteiger partial charge on any atom is -0.506 e. The fourth-order valence-electron chi connectivity index (χ4n) is 4.55. The van der Waals surface area contributed by atoms with Crippen LogP contribution < -0.4 is 5.56 Å². The predicted molar refractivity (Wildman–Crippen MR) is 126 cm³/mol. The summed E-state index contributed by atoms with van der Waals surface area (Å²) in [6.45, 7) is 1.87. The van der Waals surface area contributed by atoms with Crippen molar-refractivity contribution in [1.82, 2.24) is 9.88 Å². The van der Waals surface area contributed by atoms with Crippen LogP contribution in [0.5, 0.6) is 5.75 Å². The van der Waals surface area contributed by atoms with Crippen LogP contribution >= 0.6 is 23.2 Å². The molecule has 0 amide bonds. The fourth-order valence-corrected chi connectivity index (χ4v) is 5.13. The van der Waals surface area contributed by atoms with Crippen LogP contribution in [0.1, 0.15) is 22.6 Å². The number of hydrogen-bond acceptors (Lipinski definition) is 3. The lowest BCUT2D eigenvalue weighted by Gasteiger charge is -2.32. The maximum Gasteiger partial charge on any atom is 0.260 e. The molecular formula is C25H20Cl2N2O2. The first-order valence-corrected chi connectivity index (χ1v) is 10.8. The smallest absolute Gasteiger partial charge is 0.260 e. The normalized spacial score (nSPS) is 16.4. The summed E-state index contributed by atoms with van der Waals surface area (Å²) in [7, 11) is 2.12. The summed E-state index contributed by atoms with van der Waals surface area (Å²) < 4.78 is 0. The standard InChI is InChI=1S/C25H20Cl2N2O2/c1-29-12-16-4-2-3-5-18(16)19(13-29)14-6-8-15(9-7-14)22-24(30)23-20(27)10-17(26)11-21(23)28-25(22)31/h2-11,19H,12-13H2,1H3,(H2,28,30,31)/t19-/m1/s1. The van der Waals surface area contributed by atoms with Gasteiger partial charge >= 0.3 is 0 Å². The van der Waals surface area contributed by atoms with Gasteiger partial charge in [0, 0.05) is 24.0 Å². The summed E-state index contributed by atoms with van der Waals surface area (Å²) in [4.78, 5) is 17.9. The molecule has 1 aromatic heterocycles. The lowest BCUT2D eigenvalue weighted by Crippen LogP contribution is -2.30. The average Bonchev–Trinajstić information content (AvgIpc) is 2.73. The van der Waals surface area contributed by atoms with Crippen molar-refractivity contribution >= 4 is 34.1 Å². The molecule has 0 fully saturated rings. The molecular weight excluding hydrogens is 431 g/mol. The van der Waals surface area contributed by atoms with Crippen molar-refractivity contribution in [2.24, 2.45) is 0 Å². The molecule has 6 heteroatoms. The molecule has 0 aliphatic carbocycles. The highest BCUT2D eigenvalue weighted by Crippen LogP contribution is 2.39. The highest BCUT2D eigenvalue weighted by atomic mass is 35.5. The molecule has 5 rings (SSSR count). The van der Waals surface area contributed by atoms with Crippen molar-refractivity contribution in [1.29, 1.82) is 0 Å². The SMILES string of the molecule is CN1Cc2ccccc2[C@@H](c2ccc(-c3c(O)c4c(Cl)cc(Cl)cc4[nH]c3=O)cc2)C1. The highest BCUT2D eigenvalue weighted by molar-refractivity contribution is 6.39. The minimum atomic E-state index is -0.390. The number of halogens is 2. The van der Waals surface area contributed by atoms with E-state index >= 15 is 0 Å². The van der Waals surface area contributed by atoms with Gasteiger partial charge in [0.2, 0.25) is 0 Å². The third-order valence-corrected chi connectivity index (χ3v) is 6.49. The van der Waals surface area contributed by atoms with Crippen molar-refractivity contribution < 1.29 is 5.11 Å². The fraction of sp³-hybridized carbons (Fsp3) is 0.160. The summed E-state index contributed by atoms with van der Waals surface area (Å²) in [5.74, 6) is 0.111. The van der Waals surface area contributed by atoms with E-state index in [-0.39, 0.29) is 27.8 Å². The number of H-pyrrole nitrogens is 1. The molecule has 156 valence electrons. The summed E-state index contributed by atoms with van der Waals surface area (Å²) in [5, 5.41) is 11.9. The molecule has 0 saturated carbocycles. The van der Waals surface area contributed by atoms with E-state index in [1.165, 1.54) is 16.7 Å². The molecule has 31 heavy (non-hydrogen) atoms. The van der Waals surface area contributed by atoms with Crippen LogP contribution in [0.2, 0.25) is 10.0 Å². The van der Waals surface area contributed by atoms with Crippen molar-refractivity contribution in [3.05, 3.63) is 97.8 Å². The number of rotatable bonds is 2. The largest absolute Gasteiger partial charge is 0.506 e. The van der Waals surface area contributed by atoms with E-state index < -0.39 is 0 Å². The van der Waals surface area contributed by atoms with Crippen LogP contribution in [-0.4, -0.2) is 28.6 Å². The number of nitrogens with zero attached hydrogens (tertiary/aromatic N) is 1. The Morgan fingerprint density at radius 3 is 2.58 bits per heavy atom. The first-order chi connectivity index (χ1) is 14.9.